The van der Waals surface area contributed by atoms with Crippen LogP contribution < -0.4 is 14.8 Å². The van der Waals surface area contributed by atoms with Gasteiger partial charge in [-0.15, -0.1) is 11.6 Å². The van der Waals surface area contributed by atoms with Gasteiger partial charge in [0.15, 0.2) is 11.5 Å². The molecule has 1 atom stereocenters. The van der Waals surface area contributed by atoms with Crippen molar-refractivity contribution in [2.45, 2.75) is 70.7 Å². The van der Waals surface area contributed by atoms with Crippen molar-refractivity contribution in [1.82, 2.24) is 10.2 Å². The molecule has 2 amide bonds. The van der Waals surface area contributed by atoms with Crippen LogP contribution in [0.3, 0.4) is 0 Å². The second-order valence-corrected chi connectivity index (χ2v) is 9.74. The van der Waals surface area contributed by atoms with Crippen molar-refractivity contribution in [3.63, 3.8) is 0 Å². The highest BCUT2D eigenvalue weighted by Crippen LogP contribution is 2.34. The van der Waals surface area contributed by atoms with E-state index in [1.165, 1.54) is 11.3 Å². The van der Waals surface area contributed by atoms with Crippen molar-refractivity contribution in [1.29, 1.82) is 0 Å². The molecule has 0 radical (unpaired) electrons. The summed E-state index contributed by atoms with van der Waals surface area (Å²) in [7, 11) is 1.55. The van der Waals surface area contributed by atoms with Gasteiger partial charge in [0.2, 0.25) is 11.8 Å². The molecule has 8 heteroatoms. The Hall–Kier alpha value is -2.44. The lowest BCUT2D eigenvalue weighted by atomic mass is 9.94. The van der Waals surface area contributed by atoms with Crippen LogP contribution in [0.1, 0.15) is 63.1 Å². The average Bonchev–Trinajstić information content (AvgIpc) is 2.85. The molecule has 190 valence electrons. The highest BCUT2D eigenvalue weighted by atomic mass is 35.5. The highest BCUT2D eigenvalue weighted by Gasteiger charge is 2.33. The summed E-state index contributed by atoms with van der Waals surface area (Å²) in [6.07, 6.45) is 5.14. The van der Waals surface area contributed by atoms with Gasteiger partial charge in [0, 0.05) is 17.6 Å². The Labute approximate surface area is 217 Å². The molecule has 0 aromatic heterocycles. The zero-order valence-corrected chi connectivity index (χ0v) is 22.1. The summed E-state index contributed by atoms with van der Waals surface area (Å²) in [5.74, 6) is 0.184. The Bertz CT molecular complexity index is 1010. The van der Waals surface area contributed by atoms with E-state index in [-0.39, 0.29) is 36.4 Å². The first-order valence-corrected chi connectivity index (χ1v) is 13.0. The molecule has 6 nitrogen and oxygen atoms in total. The Kier molecular flexibility index (Phi) is 10.1. The maximum Gasteiger partial charge on any atom is 0.247 e. The lowest BCUT2D eigenvalue weighted by Crippen LogP contribution is -2.47. The quantitative estimate of drug-likeness (QED) is 0.396. The number of halogens is 2. The first kappa shape index (κ1) is 27.2. The summed E-state index contributed by atoms with van der Waals surface area (Å²) >= 11 is 12.4. The topological polar surface area (TPSA) is 67.9 Å². The van der Waals surface area contributed by atoms with Gasteiger partial charge >= 0.3 is 0 Å². The van der Waals surface area contributed by atoms with Crippen LogP contribution in [-0.2, 0) is 16.1 Å². The standard InChI is InChI=1S/C27H34Cl2N2O4/c1-18(2)35-23-14-13-19(15-24(23)34-3)26(27(33)30-21-10-5-4-6-11-21)31(25(32)16-28)17-20-9-7-8-12-22(20)29/h7-9,12-15,18,21,26H,4-6,10-11,16-17H2,1-3H3,(H,30,33). The Morgan fingerprint density at radius 3 is 2.43 bits per heavy atom. The van der Waals surface area contributed by atoms with E-state index in [9.17, 15) is 9.59 Å². The van der Waals surface area contributed by atoms with E-state index in [2.05, 4.69) is 5.32 Å². The number of carbonyl (C=O) groups excluding carboxylic acids is 2. The van der Waals surface area contributed by atoms with Gasteiger partial charge in [0.05, 0.1) is 13.2 Å². The number of ether oxygens (including phenoxy) is 2. The first-order valence-electron chi connectivity index (χ1n) is 12.1. The van der Waals surface area contributed by atoms with Crippen LogP contribution in [0.2, 0.25) is 5.02 Å². The monoisotopic (exact) mass is 520 g/mol. The molecule has 1 fully saturated rings. The van der Waals surface area contributed by atoms with Crippen molar-refractivity contribution in [2.24, 2.45) is 0 Å². The number of amides is 2. The number of carbonyl (C=O) groups is 2. The van der Waals surface area contributed by atoms with Crippen molar-refractivity contribution in [3.05, 3.63) is 58.6 Å². The fourth-order valence-corrected chi connectivity index (χ4v) is 4.76. The molecule has 1 aliphatic carbocycles. The average molecular weight is 521 g/mol. The Balaban J connectivity index is 2.03. The normalized spacial score (nSPS) is 14.9. The molecule has 0 aliphatic heterocycles. The third-order valence-electron chi connectivity index (χ3n) is 6.11. The third-order valence-corrected chi connectivity index (χ3v) is 6.71. The molecular formula is C27H34Cl2N2O4. The first-order chi connectivity index (χ1) is 16.8. The number of nitrogens with zero attached hydrogens (tertiary/aromatic N) is 1. The van der Waals surface area contributed by atoms with Crippen LogP contribution >= 0.6 is 23.2 Å². The molecule has 1 aliphatic rings. The summed E-state index contributed by atoms with van der Waals surface area (Å²) in [6.45, 7) is 4.00. The fraction of sp³-hybridized carbons (Fsp3) is 0.481. The van der Waals surface area contributed by atoms with Crippen LogP contribution in [0.5, 0.6) is 11.5 Å². The van der Waals surface area contributed by atoms with Gasteiger partial charge in [0.1, 0.15) is 11.9 Å². The van der Waals surface area contributed by atoms with Crippen LogP contribution in [0.4, 0.5) is 0 Å². The van der Waals surface area contributed by atoms with Crippen LogP contribution in [0.25, 0.3) is 0 Å². The second-order valence-electron chi connectivity index (χ2n) is 9.07. The summed E-state index contributed by atoms with van der Waals surface area (Å²) in [5, 5.41) is 3.70. The molecule has 0 bridgehead atoms. The van der Waals surface area contributed by atoms with Gasteiger partial charge in [-0.1, -0.05) is 55.1 Å². The molecule has 0 saturated heterocycles. The molecular weight excluding hydrogens is 487 g/mol. The largest absolute Gasteiger partial charge is 0.493 e. The highest BCUT2D eigenvalue weighted by molar-refractivity contribution is 6.31. The maximum atomic E-state index is 13.8. The SMILES string of the molecule is COc1cc(C(C(=O)NC2CCCCC2)N(Cc2ccccc2Cl)C(=O)CCl)ccc1OC(C)C. The van der Waals surface area contributed by atoms with E-state index >= 15 is 0 Å². The zero-order chi connectivity index (χ0) is 25.4. The second kappa shape index (κ2) is 13.0. The molecule has 0 heterocycles. The van der Waals surface area contributed by atoms with Gasteiger partial charge in [-0.05, 0) is 56.0 Å². The molecule has 1 unspecified atom stereocenters. The molecule has 1 saturated carbocycles. The number of alkyl halides is 1. The van der Waals surface area contributed by atoms with Crippen molar-refractivity contribution >= 4 is 35.0 Å². The summed E-state index contributed by atoms with van der Waals surface area (Å²) in [6, 6.07) is 11.8. The zero-order valence-electron chi connectivity index (χ0n) is 20.6. The Morgan fingerprint density at radius 1 is 1.09 bits per heavy atom. The summed E-state index contributed by atoms with van der Waals surface area (Å²) < 4.78 is 11.4. The third kappa shape index (κ3) is 7.28. The minimum Gasteiger partial charge on any atom is -0.493 e. The van der Waals surface area contributed by atoms with Crippen molar-refractivity contribution in [3.8, 4) is 11.5 Å². The lowest BCUT2D eigenvalue weighted by molar-refractivity contribution is -0.140. The molecule has 0 spiro atoms. The number of nitrogens with one attached hydrogen (secondary N) is 1. The van der Waals surface area contributed by atoms with E-state index < -0.39 is 6.04 Å². The molecule has 3 rings (SSSR count). The summed E-state index contributed by atoms with van der Waals surface area (Å²) in [5.41, 5.74) is 1.34. The number of hydrogen-bond acceptors (Lipinski definition) is 4. The molecule has 2 aromatic carbocycles. The van der Waals surface area contributed by atoms with Crippen LogP contribution in [0, 0.1) is 0 Å². The van der Waals surface area contributed by atoms with E-state index in [0.717, 1.165) is 31.2 Å². The van der Waals surface area contributed by atoms with Crippen LogP contribution in [-0.4, -0.2) is 41.8 Å². The summed E-state index contributed by atoms with van der Waals surface area (Å²) in [4.78, 5) is 28.4. The van der Waals surface area contributed by atoms with E-state index in [0.29, 0.717) is 22.1 Å². The fourth-order valence-electron chi connectivity index (χ4n) is 4.42. The predicted molar refractivity (Wildman–Crippen MR) is 139 cm³/mol. The number of rotatable bonds is 10. The minimum atomic E-state index is -0.915. The van der Waals surface area contributed by atoms with E-state index in [4.69, 9.17) is 32.7 Å². The lowest BCUT2D eigenvalue weighted by Gasteiger charge is -2.33. The number of hydrogen-bond donors (Lipinski definition) is 1. The van der Waals surface area contributed by atoms with E-state index in [1.54, 1.807) is 31.4 Å². The minimum absolute atomic E-state index is 0.0466. The van der Waals surface area contributed by atoms with Gasteiger partial charge in [-0.2, -0.15) is 0 Å². The molecule has 1 N–H and O–H groups in total. The van der Waals surface area contributed by atoms with E-state index in [1.807, 2.05) is 32.0 Å². The maximum absolute atomic E-state index is 13.8. The van der Waals surface area contributed by atoms with Gasteiger partial charge in [-0.3, -0.25) is 9.59 Å². The van der Waals surface area contributed by atoms with Crippen molar-refractivity contribution < 1.29 is 19.1 Å². The predicted octanol–water partition coefficient (Wildman–Crippen LogP) is 5.89. The number of methoxy groups -OCH3 is 1. The number of benzene rings is 2. The molecule has 2 aromatic rings. The molecule has 35 heavy (non-hydrogen) atoms. The van der Waals surface area contributed by atoms with Crippen LogP contribution in [0.15, 0.2) is 42.5 Å². The van der Waals surface area contributed by atoms with Crippen molar-refractivity contribution in [2.75, 3.05) is 13.0 Å². The van der Waals surface area contributed by atoms with Gasteiger partial charge in [-0.25, -0.2) is 0 Å². The van der Waals surface area contributed by atoms with Gasteiger partial charge < -0.3 is 19.7 Å². The Morgan fingerprint density at radius 2 is 1.80 bits per heavy atom. The smallest absolute Gasteiger partial charge is 0.247 e. The van der Waals surface area contributed by atoms with Gasteiger partial charge in [0.25, 0.3) is 0 Å².